The number of rotatable bonds is 8. The van der Waals surface area contributed by atoms with E-state index >= 15 is 0 Å². The van der Waals surface area contributed by atoms with Crippen LogP contribution in [0.25, 0.3) is 11.0 Å². The van der Waals surface area contributed by atoms with Crippen LogP contribution in [0.5, 0.6) is 17.2 Å². The molecule has 0 aliphatic rings. The van der Waals surface area contributed by atoms with Crippen molar-refractivity contribution in [3.63, 3.8) is 0 Å². The van der Waals surface area contributed by atoms with Crippen LogP contribution in [0.4, 0.5) is 17.3 Å². The summed E-state index contributed by atoms with van der Waals surface area (Å²) < 4.78 is 15.8. The van der Waals surface area contributed by atoms with Gasteiger partial charge in [0.25, 0.3) is 0 Å². The van der Waals surface area contributed by atoms with Gasteiger partial charge >= 0.3 is 0 Å². The molecule has 2 N–H and O–H groups in total. The van der Waals surface area contributed by atoms with Crippen LogP contribution in [0.15, 0.2) is 60.2 Å². The summed E-state index contributed by atoms with van der Waals surface area (Å²) in [6, 6.07) is 13.0. The maximum Gasteiger partial charge on any atom is 0.176 e. The fraction of sp³-hybridized carbons (Fsp3) is 0.136. The van der Waals surface area contributed by atoms with Crippen LogP contribution in [0.3, 0.4) is 0 Å². The van der Waals surface area contributed by atoms with Gasteiger partial charge in [-0.15, -0.1) is 0 Å². The molecular formula is C22H21N7O3. The van der Waals surface area contributed by atoms with E-state index in [2.05, 4.69) is 35.8 Å². The van der Waals surface area contributed by atoms with Crippen molar-refractivity contribution in [2.45, 2.75) is 0 Å². The molecule has 0 radical (unpaired) electrons. The van der Waals surface area contributed by atoms with Crippen LogP contribution in [-0.2, 0) is 0 Å². The summed E-state index contributed by atoms with van der Waals surface area (Å²) in [5, 5.41) is 7.51. The average Bonchev–Trinajstić information content (AvgIpc) is 2.84. The van der Waals surface area contributed by atoms with Crippen LogP contribution in [-0.4, -0.2) is 47.5 Å². The van der Waals surface area contributed by atoms with Crippen LogP contribution < -0.4 is 25.0 Å². The second-order valence-corrected chi connectivity index (χ2v) is 6.48. The lowest BCUT2D eigenvalue weighted by molar-refractivity contribution is 0.355. The van der Waals surface area contributed by atoms with Crippen molar-refractivity contribution in [2.75, 3.05) is 32.1 Å². The third kappa shape index (κ3) is 4.48. The summed E-state index contributed by atoms with van der Waals surface area (Å²) in [6.45, 7) is 0. The van der Waals surface area contributed by atoms with Gasteiger partial charge in [0.05, 0.1) is 27.5 Å². The first-order valence-corrected chi connectivity index (χ1v) is 9.59. The maximum atomic E-state index is 5.32. The van der Waals surface area contributed by atoms with E-state index in [0.29, 0.717) is 34.2 Å². The van der Waals surface area contributed by atoms with E-state index in [9.17, 15) is 0 Å². The summed E-state index contributed by atoms with van der Waals surface area (Å²) >= 11 is 0. The van der Waals surface area contributed by atoms with Crippen molar-refractivity contribution >= 4 is 34.6 Å². The monoisotopic (exact) mass is 431 g/mol. The summed E-state index contributed by atoms with van der Waals surface area (Å²) in [5.41, 5.74) is 5.63. The van der Waals surface area contributed by atoms with Gasteiger partial charge in [-0.2, -0.15) is 5.10 Å². The molecule has 0 bridgehead atoms. The highest BCUT2D eigenvalue weighted by Crippen LogP contribution is 2.28. The number of hydrazone groups is 1. The van der Waals surface area contributed by atoms with Gasteiger partial charge in [0.1, 0.15) is 29.4 Å². The lowest BCUT2D eigenvalue weighted by Gasteiger charge is -2.10. The van der Waals surface area contributed by atoms with Crippen LogP contribution in [0.1, 0.15) is 5.56 Å². The molecule has 4 rings (SSSR count). The summed E-state index contributed by atoms with van der Waals surface area (Å²) in [6.07, 6.45) is 4.51. The molecule has 0 fully saturated rings. The molecule has 0 amide bonds. The van der Waals surface area contributed by atoms with Gasteiger partial charge in [-0.25, -0.2) is 19.9 Å². The molecule has 2 aromatic carbocycles. The number of methoxy groups -OCH3 is 3. The fourth-order valence-corrected chi connectivity index (χ4v) is 2.99. The minimum atomic E-state index is 0.447. The maximum absolute atomic E-state index is 5.32. The minimum absolute atomic E-state index is 0.447. The van der Waals surface area contributed by atoms with Crippen molar-refractivity contribution in [3.05, 3.63) is 60.7 Å². The highest BCUT2D eigenvalue weighted by molar-refractivity contribution is 5.93. The van der Waals surface area contributed by atoms with Gasteiger partial charge in [-0.1, -0.05) is 6.07 Å². The Morgan fingerprint density at radius 3 is 2.28 bits per heavy atom. The number of benzene rings is 2. The topological polar surface area (TPSA) is 116 Å². The molecule has 10 nitrogen and oxygen atoms in total. The largest absolute Gasteiger partial charge is 0.497 e. The van der Waals surface area contributed by atoms with Crippen LogP contribution >= 0.6 is 0 Å². The van der Waals surface area contributed by atoms with E-state index < -0.39 is 0 Å². The van der Waals surface area contributed by atoms with E-state index in [-0.39, 0.29) is 0 Å². The lowest BCUT2D eigenvalue weighted by atomic mass is 10.2. The fourth-order valence-electron chi connectivity index (χ4n) is 2.99. The van der Waals surface area contributed by atoms with Gasteiger partial charge in [-0.3, -0.25) is 5.43 Å². The van der Waals surface area contributed by atoms with Gasteiger partial charge in [-0.05, 0) is 35.9 Å². The van der Waals surface area contributed by atoms with Gasteiger partial charge in [0.2, 0.25) is 0 Å². The van der Waals surface area contributed by atoms with Crippen molar-refractivity contribution in [3.8, 4) is 17.2 Å². The molecule has 0 atom stereocenters. The molecule has 0 spiro atoms. The number of anilines is 3. The second-order valence-electron chi connectivity index (χ2n) is 6.48. The first kappa shape index (κ1) is 20.8. The van der Waals surface area contributed by atoms with E-state index in [4.69, 9.17) is 14.2 Å². The Hall–Kier alpha value is -4.47. The number of nitrogens with one attached hydrogen (secondary N) is 2. The van der Waals surface area contributed by atoms with E-state index in [1.54, 1.807) is 27.5 Å². The van der Waals surface area contributed by atoms with Gasteiger partial charge < -0.3 is 19.5 Å². The first-order valence-electron chi connectivity index (χ1n) is 9.59. The normalized spacial score (nSPS) is 10.8. The molecule has 2 aromatic heterocycles. The number of nitrogens with zero attached hydrogens (tertiary/aromatic N) is 5. The van der Waals surface area contributed by atoms with Crippen molar-refractivity contribution in [1.82, 2.24) is 19.9 Å². The number of hydrogen-bond donors (Lipinski definition) is 2. The number of aromatic nitrogens is 4. The molecule has 0 saturated heterocycles. The third-order valence-electron chi connectivity index (χ3n) is 4.54. The standard InChI is InChI=1S/C22H21N7O3/c1-30-16-6-4-5-15(10-16)28-21-19-20(24-12-25-21)22(26-13-23-19)29-27-11-14-7-8-17(31-2)18(9-14)32-3/h4-13H,1-3H3,(H,23,26,29)(H,24,25,28)/b27-11+. The predicted octanol–water partition coefficient (Wildman–Crippen LogP) is 3.64. The van der Waals surface area contributed by atoms with Crippen molar-refractivity contribution < 1.29 is 14.2 Å². The van der Waals surface area contributed by atoms with Crippen LogP contribution in [0, 0.1) is 0 Å². The SMILES string of the molecule is COc1cccc(Nc2ncnc3c(N/N=C/c4ccc(OC)c(OC)c4)ncnc23)c1. The molecule has 0 aliphatic heterocycles. The Kier molecular flexibility index (Phi) is 6.21. The molecule has 10 heteroatoms. The molecule has 4 aromatic rings. The summed E-state index contributed by atoms with van der Waals surface area (Å²) in [7, 11) is 4.79. The first-order chi connectivity index (χ1) is 15.7. The van der Waals surface area contributed by atoms with Crippen molar-refractivity contribution in [2.24, 2.45) is 5.10 Å². The second kappa shape index (κ2) is 9.56. The van der Waals surface area contributed by atoms with E-state index in [1.165, 1.54) is 12.7 Å². The highest BCUT2D eigenvalue weighted by Gasteiger charge is 2.11. The molecule has 32 heavy (non-hydrogen) atoms. The average molecular weight is 431 g/mol. The van der Waals surface area contributed by atoms with Crippen LogP contribution in [0.2, 0.25) is 0 Å². The van der Waals surface area contributed by atoms with Gasteiger partial charge in [0, 0.05) is 11.8 Å². The Morgan fingerprint density at radius 2 is 1.53 bits per heavy atom. The predicted molar refractivity (Wildman–Crippen MR) is 122 cm³/mol. The van der Waals surface area contributed by atoms with E-state index in [1.807, 2.05) is 42.5 Å². The molecule has 162 valence electrons. The van der Waals surface area contributed by atoms with Gasteiger partial charge in [0.15, 0.2) is 23.1 Å². The summed E-state index contributed by atoms with van der Waals surface area (Å²) in [4.78, 5) is 17.2. The molecule has 0 unspecified atom stereocenters. The Morgan fingerprint density at radius 1 is 0.781 bits per heavy atom. The zero-order valence-electron chi connectivity index (χ0n) is 17.7. The zero-order valence-corrected chi connectivity index (χ0v) is 17.7. The van der Waals surface area contributed by atoms with E-state index in [0.717, 1.165) is 17.0 Å². The Balaban J connectivity index is 1.58. The molecule has 0 saturated carbocycles. The number of fused-ring (bicyclic) bond motifs is 1. The lowest BCUT2D eigenvalue weighted by Crippen LogP contribution is -2.02. The smallest absolute Gasteiger partial charge is 0.176 e. The molecule has 0 aliphatic carbocycles. The number of hydrogen-bond acceptors (Lipinski definition) is 10. The Bertz CT molecular complexity index is 1260. The third-order valence-corrected chi connectivity index (χ3v) is 4.54. The zero-order chi connectivity index (χ0) is 22.3. The minimum Gasteiger partial charge on any atom is -0.497 e. The Labute approximate surface area is 184 Å². The quantitative estimate of drug-likeness (QED) is 0.319. The molecule has 2 heterocycles. The molecular weight excluding hydrogens is 410 g/mol. The summed E-state index contributed by atoms with van der Waals surface area (Å²) in [5.74, 6) is 2.98. The number of ether oxygens (including phenoxy) is 3. The highest BCUT2D eigenvalue weighted by atomic mass is 16.5. The van der Waals surface area contributed by atoms with Crippen molar-refractivity contribution in [1.29, 1.82) is 0 Å².